The van der Waals surface area contributed by atoms with Crippen molar-refractivity contribution in [2.24, 2.45) is 0 Å². The fourth-order valence-electron chi connectivity index (χ4n) is 3.44. The first-order chi connectivity index (χ1) is 14.6. The number of rotatable bonds is 8. The van der Waals surface area contributed by atoms with Crippen LogP contribution in [0.15, 0.2) is 46.8 Å². The van der Waals surface area contributed by atoms with Gasteiger partial charge in [0.25, 0.3) is 0 Å². The average Bonchev–Trinajstić information content (AvgIpc) is 3.51. The highest BCUT2D eigenvalue weighted by Crippen LogP contribution is 2.40. The Morgan fingerprint density at radius 3 is 2.70 bits per heavy atom. The summed E-state index contributed by atoms with van der Waals surface area (Å²) in [5.74, 6) is 1.36. The molecule has 2 N–H and O–H groups in total. The van der Waals surface area contributed by atoms with Gasteiger partial charge < -0.3 is 15.4 Å². The average molecular weight is 428 g/mol. The fourth-order valence-corrected chi connectivity index (χ4v) is 4.24. The summed E-state index contributed by atoms with van der Waals surface area (Å²) >= 11 is 1.40. The number of ether oxygens (including phenoxy) is 1. The molecule has 2 aromatic rings. The van der Waals surface area contributed by atoms with Gasteiger partial charge in [-0.05, 0) is 38.3 Å². The van der Waals surface area contributed by atoms with Crippen LogP contribution in [0, 0.1) is 0 Å². The van der Waals surface area contributed by atoms with Crippen LogP contribution in [0.5, 0.6) is 0 Å². The molecule has 4 rings (SSSR count). The summed E-state index contributed by atoms with van der Waals surface area (Å²) in [5.41, 5.74) is 2.00. The van der Waals surface area contributed by atoms with Crippen LogP contribution in [0.3, 0.4) is 0 Å². The molecule has 1 aromatic heterocycles. The van der Waals surface area contributed by atoms with Gasteiger partial charge in [0.05, 0.1) is 23.9 Å². The number of para-hydroxylation sites is 1. The predicted octanol–water partition coefficient (Wildman–Crippen LogP) is 3.15. The summed E-state index contributed by atoms with van der Waals surface area (Å²) in [5, 5.41) is 10.9. The largest absolute Gasteiger partial charge is 0.463 e. The van der Waals surface area contributed by atoms with Crippen molar-refractivity contribution in [3.8, 4) is 5.69 Å². The highest BCUT2D eigenvalue weighted by Gasteiger charge is 2.33. The molecule has 8 nitrogen and oxygen atoms in total. The third-order valence-electron chi connectivity index (χ3n) is 5.05. The maximum Gasteiger partial charge on any atom is 0.337 e. The number of nitrogens with one attached hydrogen (secondary N) is 2. The lowest BCUT2D eigenvalue weighted by Gasteiger charge is -2.28. The number of amides is 2. The molecule has 1 aliphatic carbocycles. The van der Waals surface area contributed by atoms with E-state index in [1.807, 2.05) is 41.9 Å². The smallest absolute Gasteiger partial charge is 0.337 e. The van der Waals surface area contributed by atoms with E-state index in [9.17, 15) is 9.59 Å². The molecule has 1 fully saturated rings. The van der Waals surface area contributed by atoms with Gasteiger partial charge in [0, 0.05) is 17.4 Å². The molecule has 0 saturated heterocycles. The molecule has 1 aliphatic heterocycles. The topological polar surface area (TPSA) is 98.1 Å². The van der Waals surface area contributed by atoms with Gasteiger partial charge in [-0.1, -0.05) is 36.9 Å². The Labute approximate surface area is 179 Å². The van der Waals surface area contributed by atoms with Crippen molar-refractivity contribution in [3.63, 3.8) is 0 Å². The number of nitrogens with zero attached hydrogens (tertiary/aromatic N) is 3. The second kappa shape index (κ2) is 8.91. The van der Waals surface area contributed by atoms with E-state index in [0.29, 0.717) is 34.5 Å². The minimum atomic E-state index is -0.408. The number of carbonyl (C=O) groups is 2. The Morgan fingerprint density at radius 2 is 2.03 bits per heavy atom. The molecule has 1 aromatic carbocycles. The maximum atomic E-state index is 12.5. The molecule has 9 heteroatoms. The minimum Gasteiger partial charge on any atom is -0.463 e. The van der Waals surface area contributed by atoms with Crippen molar-refractivity contribution in [2.45, 2.75) is 50.2 Å². The van der Waals surface area contributed by atoms with Crippen molar-refractivity contribution in [1.82, 2.24) is 25.4 Å². The van der Waals surface area contributed by atoms with Gasteiger partial charge >= 0.3 is 12.0 Å². The predicted molar refractivity (Wildman–Crippen MR) is 113 cm³/mol. The number of hydrogen-bond donors (Lipinski definition) is 2. The van der Waals surface area contributed by atoms with Crippen molar-refractivity contribution in [2.75, 3.05) is 12.4 Å². The van der Waals surface area contributed by atoms with Crippen LogP contribution in [0.25, 0.3) is 5.69 Å². The summed E-state index contributed by atoms with van der Waals surface area (Å²) in [4.78, 5) is 29.3. The molecular weight excluding hydrogens is 402 g/mol. The first-order valence-electron chi connectivity index (χ1n) is 10.2. The Morgan fingerprint density at radius 1 is 1.27 bits per heavy atom. The SMILES string of the molecule is CCOC(=O)C1=C(CSc2nc(C3CC3)n(-c3ccccc3)n2)NC(=O)NC1CC. The highest BCUT2D eigenvalue weighted by atomic mass is 32.2. The van der Waals surface area contributed by atoms with Gasteiger partial charge in [0.15, 0.2) is 0 Å². The van der Waals surface area contributed by atoms with Crippen LogP contribution >= 0.6 is 11.8 Å². The zero-order chi connectivity index (χ0) is 21.1. The van der Waals surface area contributed by atoms with Crippen molar-refractivity contribution in [3.05, 3.63) is 47.4 Å². The number of hydrogen-bond acceptors (Lipinski definition) is 6. The fraction of sp³-hybridized carbons (Fsp3) is 0.429. The van der Waals surface area contributed by atoms with E-state index in [4.69, 9.17) is 14.8 Å². The highest BCUT2D eigenvalue weighted by molar-refractivity contribution is 7.99. The number of benzene rings is 1. The Bertz CT molecular complexity index is 968. The number of aromatic nitrogens is 3. The van der Waals surface area contributed by atoms with Crippen LogP contribution in [-0.2, 0) is 9.53 Å². The number of urea groups is 1. The van der Waals surface area contributed by atoms with Gasteiger partial charge in [-0.25, -0.2) is 19.3 Å². The maximum absolute atomic E-state index is 12.5. The number of carbonyl (C=O) groups excluding carboxylic acids is 2. The molecule has 0 spiro atoms. The van der Waals surface area contributed by atoms with Crippen molar-refractivity contribution < 1.29 is 14.3 Å². The van der Waals surface area contributed by atoms with Gasteiger partial charge in [0.2, 0.25) is 5.16 Å². The molecule has 30 heavy (non-hydrogen) atoms. The molecule has 1 atom stereocenters. The minimum absolute atomic E-state index is 0.279. The van der Waals surface area contributed by atoms with Gasteiger partial charge in [-0.15, -0.1) is 5.10 Å². The number of thioether (sulfide) groups is 1. The normalized spacial score (nSPS) is 18.7. The lowest BCUT2D eigenvalue weighted by atomic mass is 10.0. The molecule has 0 radical (unpaired) electrons. The Hall–Kier alpha value is -2.81. The van der Waals surface area contributed by atoms with Crippen molar-refractivity contribution in [1.29, 1.82) is 0 Å². The molecule has 2 heterocycles. The molecule has 1 unspecified atom stereocenters. The van der Waals surface area contributed by atoms with E-state index in [0.717, 1.165) is 24.4 Å². The monoisotopic (exact) mass is 427 g/mol. The van der Waals surface area contributed by atoms with Crippen molar-refractivity contribution >= 4 is 23.8 Å². The lowest BCUT2D eigenvalue weighted by molar-refractivity contribution is -0.139. The summed E-state index contributed by atoms with van der Waals surface area (Å²) in [6.07, 6.45) is 2.84. The first kappa shape index (κ1) is 20.5. The third kappa shape index (κ3) is 4.35. The molecule has 2 aliphatic rings. The zero-order valence-electron chi connectivity index (χ0n) is 17.1. The Balaban J connectivity index is 1.59. The van der Waals surface area contributed by atoms with E-state index in [2.05, 4.69) is 10.6 Å². The second-order valence-corrected chi connectivity index (χ2v) is 8.18. The zero-order valence-corrected chi connectivity index (χ0v) is 17.9. The first-order valence-corrected chi connectivity index (χ1v) is 11.2. The van der Waals surface area contributed by atoms with Crippen LogP contribution < -0.4 is 10.6 Å². The van der Waals surface area contributed by atoms with Gasteiger partial charge in [-0.2, -0.15) is 0 Å². The molecule has 158 valence electrons. The summed E-state index contributed by atoms with van der Waals surface area (Å²) in [6, 6.07) is 9.26. The van der Waals surface area contributed by atoms with Crippen LogP contribution in [0.4, 0.5) is 4.79 Å². The molecule has 0 bridgehead atoms. The molecule has 1 saturated carbocycles. The number of esters is 1. The Kier molecular flexibility index (Phi) is 6.08. The van der Waals surface area contributed by atoms with Crippen LogP contribution in [-0.4, -0.2) is 45.2 Å². The van der Waals surface area contributed by atoms with E-state index in [1.165, 1.54) is 11.8 Å². The second-order valence-electron chi connectivity index (χ2n) is 7.23. The van der Waals surface area contributed by atoms with E-state index in [-0.39, 0.29) is 18.7 Å². The van der Waals surface area contributed by atoms with E-state index < -0.39 is 5.97 Å². The van der Waals surface area contributed by atoms with Gasteiger partial charge in [-0.3, -0.25) is 0 Å². The van der Waals surface area contributed by atoms with Gasteiger partial charge in [0.1, 0.15) is 5.82 Å². The summed E-state index contributed by atoms with van der Waals surface area (Å²) in [6.45, 7) is 3.97. The van der Waals surface area contributed by atoms with E-state index >= 15 is 0 Å². The third-order valence-corrected chi connectivity index (χ3v) is 5.91. The summed E-state index contributed by atoms with van der Waals surface area (Å²) < 4.78 is 7.12. The van der Waals surface area contributed by atoms with E-state index in [1.54, 1.807) is 6.92 Å². The standard InChI is InChI=1S/C21H25N5O3S/c1-3-15-17(19(27)29-4-2)16(23-20(28)22-15)12-30-21-24-18(13-10-11-13)26(25-21)14-8-6-5-7-9-14/h5-9,13,15H,3-4,10-12H2,1-2H3,(H2,22,23,28). The van der Waals surface area contributed by atoms with Crippen LogP contribution in [0.1, 0.15) is 44.9 Å². The lowest BCUT2D eigenvalue weighted by Crippen LogP contribution is -2.50. The molecule has 2 amide bonds. The van der Waals surface area contributed by atoms with Crippen LogP contribution in [0.2, 0.25) is 0 Å². The summed E-state index contributed by atoms with van der Waals surface area (Å²) in [7, 11) is 0. The quantitative estimate of drug-likeness (QED) is 0.496. The molecular formula is C21H25N5O3S.